The molecular formula is C19H22N4O2. The molecule has 3 atom stereocenters. The first-order chi connectivity index (χ1) is 12.2. The van der Waals surface area contributed by atoms with Gasteiger partial charge in [0, 0.05) is 11.5 Å². The van der Waals surface area contributed by atoms with Crippen molar-refractivity contribution >= 4 is 6.03 Å². The van der Waals surface area contributed by atoms with Crippen LogP contribution >= 0.6 is 0 Å². The molecule has 2 aromatic rings. The summed E-state index contributed by atoms with van der Waals surface area (Å²) >= 11 is 0. The Labute approximate surface area is 146 Å². The van der Waals surface area contributed by atoms with Crippen molar-refractivity contribution in [3.8, 4) is 11.5 Å². The molecule has 2 amide bonds. The molecule has 6 nitrogen and oxygen atoms in total. The van der Waals surface area contributed by atoms with Crippen LogP contribution < -0.4 is 10.6 Å². The van der Waals surface area contributed by atoms with Crippen LogP contribution in [0.2, 0.25) is 0 Å². The second-order valence-electron chi connectivity index (χ2n) is 7.58. The van der Waals surface area contributed by atoms with Crippen molar-refractivity contribution in [2.24, 2.45) is 0 Å². The Hall–Kier alpha value is -2.37. The summed E-state index contributed by atoms with van der Waals surface area (Å²) in [6, 6.07) is 6.83. The van der Waals surface area contributed by atoms with Crippen LogP contribution in [0, 0.1) is 6.92 Å². The fraction of sp³-hybridized carbons (Fsp3) is 0.526. The van der Waals surface area contributed by atoms with Crippen LogP contribution in [0.1, 0.15) is 61.0 Å². The van der Waals surface area contributed by atoms with E-state index in [4.69, 9.17) is 4.42 Å². The Bertz CT molecular complexity index is 827. The number of hydrogen-bond donors (Lipinski definition) is 2. The maximum Gasteiger partial charge on any atom is 0.315 e. The third-order valence-electron chi connectivity index (χ3n) is 5.90. The molecule has 3 unspecified atom stereocenters. The maximum atomic E-state index is 11.6. The lowest BCUT2D eigenvalue weighted by Crippen LogP contribution is -2.39. The highest BCUT2D eigenvalue weighted by Crippen LogP contribution is 2.41. The topological polar surface area (TPSA) is 80.1 Å². The summed E-state index contributed by atoms with van der Waals surface area (Å²) in [7, 11) is 0. The van der Waals surface area contributed by atoms with Crippen LogP contribution in [-0.4, -0.2) is 28.3 Å². The molecule has 2 heterocycles. The largest absolute Gasteiger partial charge is 0.420 e. The van der Waals surface area contributed by atoms with Gasteiger partial charge in [-0.05, 0) is 62.1 Å². The minimum atomic E-state index is -0.0282. The number of nitrogens with one attached hydrogen (secondary N) is 2. The number of fused-ring (bicyclic) bond motifs is 1. The molecule has 6 heteroatoms. The Kier molecular flexibility index (Phi) is 3.33. The summed E-state index contributed by atoms with van der Waals surface area (Å²) in [6.07, 6.45) is 5.40. The van der Waals surface area contributed by atoms with E-state index in [1.807, 2.05) is 0 Å². The molecule has 0 radical (unpaired) electrons. The molecule has 0 bridgehead atoms. The molecule has 0 spiro atoms. The fourth-order valence-electron chi connectivity index (χ4n) is 4.33. The van der Waals surface area contributed by atoms with Crippen molar-refractivity contribution < 1.29 is 9.21 Å². The van der Waals surface area contributed by atoms with Crippen LogP contribution in [0.4, 0.5) is 4.79 Å². The smallest absolute Gasteiger partial charge is 0.315 e. The SMILES string of the molecule is Cc1c(-c2nnc(C3CC3)o2)cccc1C1CCC2NC(=O)NC2C1. The lowest BCUT2D eigenvalue weighted by Gasteiger charge is -2.31. The fourth-order valence-corrected chi connectivity index (χ4v) is 4.33. The van der Waals surface area contributed by atoms with Gasteiger partial charge in [0.1, 0.15) is 0 Å². The van der Waals surface area contributed by atoms with Gasteiger partial charge >= 0.3 is 6.03 Å². The molecule has 1 aromatic carbocycles. The lowest BCUT2D eigenvalue weighted by atomic mass is 9.77. The Morgan fingerprint density at radius 2 is 1.84 bits per heavy atom. The van der Waals surface area contributed by atoms with Gasteiger partial charge in [-0.1, -0.05) is 12.1 Å². The quantitative estimate of drug-likeness (QED) is 0.900. The highest BCUT2D eigenvalue weighted by Gasteiger charge is 2.38. The van der Waals surface area contributed by atoms with Crippen molar-refractivity contribution in [1.82, 2.24) is 20.8 Å². The number of rotatable bonds is 3. The molecule has 5 rings (SSSR count). The standard InChI is InChI=1S/C19H22N4O2/c1-10-13(12-7-8-15-16(9-12)21-19(24)20-15)3-2-4-14(10)18-23-22-17(25-18)11-5-6-11/h2-4,11-12,15-16H,5-9H2,1H3,(H2,20,21,24). The van der Waals surface area contributed by atoms with Gasteiger partial charge < -0.3 is 15.1 Å². The minimum Gasteiger partial charge on any atom is -0.420 e. The average molecular weight is 338 g/mol. The highest BCUT2D eigenvalue weighted by molar-refractivity contribution is 5.77. The average Bonchev–Trinajstić information content (AvgIpc) is 3.22. The van der Waals surface area contributed by atoms with E-state index in [-0.39, 0.29) is 18.1 Å². The Morgan fingerprint density at radius 3 is 2.68 bits per heavy atom. The normalized spacial score (nSPS) is 28.4. The van der Waals surface area contributed by atoms with Crippen LogP contribution in [-0.2, 0) is 0 Å². The van der Waals surface area contributed by atoms with E-state index < -0.39 is 0 Å². The zero-order chi connectivity index (χ0) is 17.0. The third kappa shape index (κ3) is 2.60. The second-order valence-corrected chi connectivity index (χ2v) is 7.58. The van der Waals surface area contributed by atoms with Gasteiger partial charge in [0.15, 0.2) is 0 Å². The van der Waals surface area contributed by atoms with Gasteiger partial charge in [-0.2, -0.15) is 0 Å². The molecule has 1 aliphatic heterocycles. The first-order valence-electron chi connectivity index (χ1n) is 9.19. The molecule has 3 aliphatic rings. The van der Waals surface area contributed by atoms with E-state index in [1.54, 1.807) is 0 Å². The minimum absolute atomic E-state index is 0.0282. The highest BCUT2D eigenvalue weighted by atomic mass is 16.4. The summed E-state index contributed by atoms with van der Waals surface area (Å²) < 4.78 is 5.91. The van der Waals surface area contributed by atoms with Crippen LogP contribution in [0.25, 0.3) is 11.5 Å². The molecule has 1 saturated heterocycles. The number of urea groups is 1. The first kappa shape index (κ1) is 14.9. The van der Waals surface area contributed by atoms with Gasteiger partial charge in [0.25, 0.3) is 0 Å². The van der Waals surface area contributed by atoms with Crippen molar-refractivity contribution in [1.29, 1.82) is 0 Å². The molecule has 2 saturated carbocycles. The number of carbonyl (C=O) groups is 1. The molecule has 130 valence electrons. The van der Waals surface area contributed by atoms with Crippen LogP contribution in [0.5, 0.6) is 0 Å². The van der Waals surface area contributed by atoms with Crippen molar-refractivity contribution in [2.45, 2.75) is 62.9 Å². The monoisotopic (exact) mass is 338 g/mol. The maximum absolute atomic E-state index is 11.6. The van der Waals surface area contributed by atoms with Gasteiger partial charge in [0.05, 0.1) is 12.1 Å². The molecular weight excluding hydrogens is 316 g/mol. The predicted molar refractivity (Wildman–Crippen MR) is 92.3 cm³/mol. The van der Waals surface area contributed by atoms with E-state index >= 15 is 0 Å². The lowest BCUT2D eigenvalue weighted by molar-refractivity contribution is 0.247. The van der Waals surface area contributed by atoms with Gasteiger partial charge in [0.2, 0.25) is 11.8 Å². The van der Waals surface area contributed by atoms with Crippen molar-refractivity contribution in [3.63, 3.8) is 0 Å². The number of hydrogen-bond acceptors (Lipinski definition) is 4. The molecule has 3 fully saturated rings. The number of aromatic nitrogens is 2. The summed E-state index contributed by atoms with van der Waals surface area (Å²) in [5.41, 5.74) is 3.59. The van der Waals surface area contributed by atoms with Crippen LogP contribution in [0.15, 0.2) is 22.6 Å². The molecule has 2 N–H and O–H groups in total. The van der Waals surface area contributed by atoms with E-state index in [2.05, 4.69) is 46.0 Å². The number of nitrogens with zero attached hydrogens (tertiary/aromatic N) is 2. The van der Waals surface area contributed by atoms with E-state index in [0.717, 1.165) is 43.6 Å². The third-order valence-corrected chi connectivity index (χ3v) is 5.90. The first-order valence-corrected chi connectivity index (χ1v) is 9.19. The van der Waals surface area contributed by atoms with Crippen molar-refractivity contribution in [3.05, 3.63) is 35.2 Å². The molecule has 25 heavy (non-hydrogen) atoms. The Balaban J connectivity index is 1.43. The Morgan fingerprint density at radius 1 is 1.04 bits per heavy atom. The summed E-state index contributed by atoms with van der Waals surface area (Å²) in [5.74, 6) is 2.33. The van der Waals surface area contributed by atoms with E-state index in [9.17, 15) is 4.79 Å². The van der Waals surface area contributed by atoms with Gasteiger partial charge in [-0.3, -0.25) is 0 Å². The zero-order valence-electron chi connectivity index (χ0n) is 14.3. The second kappa shape index (κ2) is 5.58. The number of benzene rings is 1. The van der Waals surface area contributed by atoms with Crippen LogP contribution in [0.3, 0.4) is 0 Å². The predicted octanol–water partition coefficient (Wildman–Crippen LogP) is 3.24. The summed E-state index contributed by atoms with van der Waals surface area (Å²) in [4.78, 5) is 11.6. The summed E-state index contributed by atoms with van der Waals surface area (Å²) in [6.45, 7) is 2.14. The molecule has 2 aliphatic carbocycles. The van der Waals surface area contributed by atoms with E-state index in [0.29, 0.717) is 17.7 Å². The number of carbonyl (C=O) groups excluding carboxylic acids is 1. The summed E-state index contributed by atoms with van der Waals surface area (Å²) in [5, 5.41) is 14.6. The molecule has 1 aromatic heterocycles. The van der Waals surface area contributed by atoms with E-state index in [1.165, 1.54) is 11.1 Å². The zero-order valence-corrected chi connectivity index (χ0v) is 14.3. The number of amides is 2. The van der Waals surface area contributed by atoms with Crippen molar-refractivity contribution in [2.75, 3.05) is 0 Å². The van der Waals surface area contributed by atoms with Gasteiger partial charge in [-0.25, -0.2) is 4.79 Å². The van der Waals surface area contributed by atoms with Gasteiger partial charge in [-0.15, -0.1) is 10.2 Å².